The highest BCUT2D eigenvalue weighted by Gasteiger charge is 2.33. The standard InChI is InChI=1S/C26H27N3O4S/c30-25(22-12-6-2-7-13-22)27-24(20-21-10-4-1-5-11-21)26(31)28-16-18-29(19-17-28)34(32,33)23-14-8-3-9-15-23/h1-15,24H,16-20H2,(H,27,30)/t24-/m0/s1. The number of rotatable bonds is 7. The van der Waals surface area contributed by atoms with Crippen molar-refractivity contribution < 1.29 is 18.0 Å². The minimum Gasteiger partial charge on any atom is -0.340 e. The van der Waals surface area contributed by atoms with E-state index in [0.29, 0.717) is 12.0 Å². The van der Waals surface area contributed by atoms with Crippen LogP contribution < -0.4 is 5.32 Å². The molecule has 0 bridgehead atoms. The molecule has 2 amide bonds. The van der Waals surface area contributed by atoms with E-state index in [9.17, 15) is 18.0 Å². The number of hydrogen-bond acceptors (Lipinski definition) is 4. The molecule has 0 spiro atoms. The van der Waals surface area contributed by atoms with Crippen LogP contribution in [0.15, 0.2) is 95.9 Å². The lowest BCUT2D eigenvalue weighted by atomic mass is 10.0. The lowest BCUT2D eigenvalue weighted by Gasteiger charge is -2.36. The Morgan fingerprint density at radius 2 is 1.29 bits per heavy atom. The van der Waals surface area contributed by atoms with Crippen LogP contribution in [0.5, 0.6) is 0 Å². The summed E-state index contributed by atoms with van der Waals surface area (Å²) in [6.07, 6.45) is 0.348. The van der Waals surface area contributed by atoms with E-state index in [1.807, 2.05) is 36.4 Å². The Balaban J connectivity index is 1.46. The molecule has 0 aromatic heterocycles. The molecule has 7 nitrogen and oxygen atoms in total. The van der Waals surface area contributed by atoms with Crippen LogP contribution in [0.25, 0.3) is 0 Å². The smallest absolute Gasteiger partial charge is 0.251 e. The molecule has 4 rings (SSSR count). The van der Waals surface area contributed by atoms with Crippen molar-refractivity contribution in [2.75, 3.05) is 26.2 Å². The van der Waals surface area contributed by atoms with Gasteiger partial charge in [0.05, 0.1) is 4.90 Å². The quantitative estimate of drug-likeness (QED) is 0.567. The fourth-order valence-corrected chi connectivity index (χ4v) is 5.43. The first kappa shape index (κ1) is 23.7. The van der Waals surface area contributed by atoms with Gasteiger partial charge in [0, 0.05) is 38.2 Å². The molecule has 176 valence electrons. The van der Waals surface area contributed by atoms with Gasteiger partial charge in [-0.2, -0.15) is 4.31 Å². The van der Waals surface area contributed by atoms with Gasteiger partial charge in [-0.25, -0.2) is 8.42 Å². The van der Waals surface area contributed by atoms with Gasteiger partial charge >= 0.3 is 0 Å². The average molecular weight is 478 g/mol. The minimum atomic E-state index is -3.61. The number of carbonyl (C=O) groups excluding carboxylic acids is 2. The second kappa shape index (κ2) is 10.6. The van der Waals surface area contributed by atoms with Gasteiger partial charge in [-0.3, -0.25) is 9.59 Å². The summed E-state index contributed by atoms with van der Waals surface area (Å²) in [5.74, 6) is -0.537. The molecule has 34 heavy (non-hydrogen) atoms. The fourth-order valence-electron chi connectivity index (χ4n) is 3.99. The summed E-state index contributed by atoms with van der Waals surface area (Å²) in [6, 6.07) is 25.8. The Morgan fingerprint density at radius 3 is 1.88 bits per heavy atom. The van der Waals surface area contributed by atoms with E-state index in [0.717, 1.165) is 5.56 Å². The van der Waals surface area contributed by atoms with Crippen LogP contribution in [0.1, 0.15) is 15.9 Å². The number of nitrogens with one attached hydrogen (secondary N) is 1. The largest absolute Gasteiger partial charge is 0.340 e. The number of carbonyl (C=O) groups is 2. The van der Waals surface area contributed by atoms with Gasteiger partial charge in [0.25, 0.3) is 5.91 Å². The predicted molar refractivity (Wildman–Crippen MR) is 130 cm³/mol. The molecule has 0 saturated carbocycles. The molecule has 1 aliphatic rings. The van der Waals surface area contributed by atoms with E-state index in [2.05, 4.69) is 5.32 Å². The highest BCUT2D eigenvalue weighted by Crippen LogP contribution is 2.18. The predicted octanol–water partition coefficient (Wildman–Crippen LogP) is 2.56. The molecule has 1 saturated heterocycles. The Kier molecular flexibility index (Phi) is 7.40. The number of benzene rings is 3. The zero-order valence-corrected chi connectivity index (χ0v) is 19.5. The normalized spacial score (nSPS) is 15.5. The van der Waals surface area contributed by atoms with Crippen molar-refractivity contribution in [3.05, 3.63) is 102 Å². The van der Waals surface area contributed by atoms with Gasteiger partial charge in [0.1, 0.15) is 6.04 Å². The van der Waals surface area contributed by atoms with Crippen LogP contribution in [-0.4, -0.2) is 61.7 Å². The second-order valence-corrected chi connectivity index (χ2v) is 10.1. The molecule has 1 atom stereocenters. The van der Waals surface area contributed by atoms with Gasteiger partial charge in [-0.05, 0) is 29.8 Å². The van der Waals surface area contributed by atoms with E-state index in [1.165, 1.54) is 4.31 Å². The summed E-state index contributed by atoms with van der Waals surface area (Å²) in [4.78, 5) is 28.1. The third-order valence-corrected chi connectivity index (χ3v) is 7.77. The van der Waals surface area contributed by atoms with Crippen LogP contribution in [0.2, 0.25) is 0 Å². The van der Waals surface area contributed by atoms with Crippen molar-refractivity contribution >= 4 is 21.8 Å². The van der Waals surface area contributed by atoms with Crippen LogP contribution in [0.3, 0.4) is 0 Å². The van der Waals surface area contributed by atoms with Crippen LogP contribution >= 0.6 is 0 Å². The Labute approximate surface area is 200 Å². The zero-order chi connectivity index (χ0) is 24.0. The first-order valence-electron chi connectivity index (χ1n) is 11.2. The van der Waals surface area contributed by atoms with Crippen LogP contribution in [0.4, 0.5) is 0 Å². The Hall–Kier alpha value is -3.49. The molecule has 1 aliphatic heterocycles. The summed E-state index contributed by atoms with van der Waals surface area (Å²) in [7, 11) is -3.61. The summed E-state index contributed by atoms with van der Waals surface area (Å²) in [5.41, 5.74) is 1.41. The number of hydrogen-bond donors (Lipinski definition) is 1. The molecule has 1 heterocycles. The van der Waals surface area contributed by atoms with Gasteiger partial charge in [-0.15, -0.1) is 0 Å². The molecule has 1 N–H and O–H groups in total. The lowest BCUT2D eigenvalue weighted by Crippen LogP contribution is -2.56. The summed E-state index contributed by atoms with van der Waals surface area (Å²) in [5, 5.41) is 2.88. The maximum absolute atomic E-state index is 13.4. The van der Waals surface area contributed by atoms with E-state index in [1.54, 1.807) is 59.5 Å². The van der Waals surface area contributed by atoms with Crippen LogP contribution in [0, 0.1) is 0 Å². The van der Waals surface area contributed by atoms with E-state index in [-0.39, 0.29) is 42.9 Å². The molecule has 8 heteroatoms. The molecule has 3 aromatic carbocycles. The molecule has 1 fully saturated rings. The van der Waals surface area contributed by atoms with Crippen LogP contribution in [-0.2, 0) is 21.2 Å². The molecular formula is C26H27N3O4S. The van der Waals surface area contributed by atoms with E-state index < -0.39 is 16.1 Å². The van der Waals surface area contributed by atoms with Crippen molar-refractivity contribution in [3.63, 3.8) is 0 Å². The number of piperazine rings is 1. The van der Waals surface area contributed by atoms with Crippen molar-refractivity contribution in [1.29, 1.82) is 0 Å². The van der Waals surface area contributed by atoms with Crippen molar-refractivity contribution in [3.8, 4) is 0 Å². The van der Waals surface area contributed by atoms with E-state index >= 15 is 0 Å². The van der Waals surface area contributed by atoms with Crippen molar-refractivity contribution in [2.24, 2.45) is 0 Å². The topological polar surface area (TPSA) is 86.8 Å². The third kappa shape index (κ3) is 5.52. The van der Waals surface area contributed by atoms with E-state index in [4.69, 9.17) is 0 Å². The van der Waals surface area contributed by atoms with Gasteiger partial charge in [0.15, 0.2) is 0 Å². The maximum atomic E-state index is 13.4. The van der Waals surface area contributed by atoms with Gasteiger partial charge in [0.2, 0.25) is 15.9 Å². The Bertz CT molecular complexity index is 1210. The Morgan fingerprint density at radius 1 is 0.765 bits per heavy atom. The molecule has 0 aliphatic carbocycles. The average Bonchev–Trinajstić information content (AvgIpc) is 2.89. The fraction of sp³-hybridized carbons (Fsp3) is 0.231. The SMILES string of the molecule is O=C(N[C@@H](Cc1ccccc1)C(=O)N1CCN(S(=O)(=O)c2ccccc2)CC1)c1ccccc1. The second-order valence-electron chi connectivity index (χ2n) is 8.12. The molecule has 0 unspecified atom stereocenters. The highest BCUT2D eigenvalue weighted by atomic mass is 32.2. The zero-order valence-electron chi connectivity index (χ0n) is 18.7. The van der Waals surface area contributed by atoms with Gasteiger partial charge in [-0.1, -0.05) is 66.7 Å². The first-order chi connectivity index (χ1) is 16.4. The summed E-state index contributed by atoms with van der Waals surface area (Å²) in [6.45, 7) is 0.927. The van der Waals surface area contributed by atoms with Crippen molar-refractivity contribution in [1.82, 2.24) is 14.5 Å². The third-order valence-electron chi connectivity index (χ3n) is 5.85. The summed E-state index contributed by atoms with van der Waals surface area (Å²) >= 11 is 0. The molecule has 0 radical (unpaired) electrons. The first-order valence-corrected chi connectivity index (χ1v) is 12.6. The van der Waals surface area contributed by atoms with Crippen molar-refractivity contribution in [2.45, 2.75) is 17.4 Å². The highest BCUT2D eigenvalue weighted by molar-refractivity contribution is 7.89. The minimum absolute atomic E-state index is 0.202. The number of amides is 2. The summed E-state index contributed by atoms with van der Waals surface area (Å²) < 4.78 is 27.2. The lowest BCUT2D eigenvalue weighted by molar-refractivity contribution is -0.134. The maximum Gasteiger partial charge on any atom is 0.251 e. The molecular weight excluding hydrogens is 450 g/mol. The number of sulfonamides is 1. The monoisotopic (exact) mass is 477 g/mol. The van der Waals surface area contributed by atoms with Gasteiger partial charge < -0.3 is 10.2 Å². The molecule has 3 aromatic rings. The number of nitrogens with zero attached hydrogens (tertiary/aromatic N) is 2.